The van der Waals surface area contributed by atoms with Crippen molar-refractivity contribution in [3.8, 4) is 0 Å². The Labute approximate surface area is 197 Å². The molecule has 9 nitrogen and oxygen atoms in total. The minimum atomic E-state index is -3.70. The summed E-state index contributed by atoms with van der Waals surface area (Å²) in [6.07, 6.45) is 5.25. The van der Waals surface area contributed by atoms with Gasteiger partial charge in [-0.25, -0.2) is 13.6 Å². The Morgan fingerprint density at radius 2 is 1.58 bits per heavy atom. The van der Waals surface area contributed by atoms with E-state index in [2.05, 4.69) is 15.1 Å². The van der Waals surface area contributed by atoms with Crippen molar-refractivity contribution in [3.63, 3.8) is 0 Å². The summed E-state index contributed by atoms with van der Waals surface area (Å²) >= 11 is 0. The van der Waals surface area contributed by atoms with Gasteiger partial charge >= 0.3 is 0 Å². The zero-order chi connectivity index (χ0) is 23.8. The van der Waals surface area contributed by atoms with Crippen LogP contribution in [0, 0.1) is 0 Å². The molecule has 3 N–H and O–H groups in total. The second-order valence-corrected chi connectivity index (χ2v) is 10.6. The zero-order valence-corrected chi connectivity index (χ0v) is 20.4. The minimum absolute atomic E-state index is 0.0229. The lowest BCUT2D eigenvalue weighted by Gasteiger charge is -2.37. The molecule has 3 rings (SSSR count). The highest BCUT2D eigenvalue weighted by Crippen LogP contribution is 2.12. The van der Waals surface area contributed by atoms with Gasteiger partial charge in [-0.2, -0.15) is 0 Å². The number of carbonyl (C=O) groups excluding carboxylic acids is 2. The number of hydrogen-bond acceptors (Lipinski definition) is 6. The molecular weight excluding hydrogens is 442 g/mol. The summed E-state index contributed by atoms with van der Waals surface area (Å²) in [5.41, 5.74) is 0.929. The Morgan fingerprint density at radius 1 is 0.970 bits per heavy atom. The quantitative estimate of drug-likeness (QED) is 0.558. The average molecular weight is 480 g/mol. The minimum Gasteiger partial charge on any atom is -0.354 e. The molecule has 2 aliphatic heterocycles. The molecule has 2 aliphatic rings. The Morgan fingerprint density at radius 3 is 2.15 bits per heavy atom. The van der Waals surface area contributed by atoms with E-state index >= 15 is 0 Å². The van der Waals surface area contributed by atoms with Gasteiger partial charge in [0.1, 0.15) is 0 Å². The molecule has 0 saturated carbocycles. The van der Waals surface area contributed by atoms with E-state index in [1.54, 1.807) is 12.1 Å². The monoisotopic (exact) mass is 479 g/mol. The summed E-state index contributed by atoms with van der Waals surface area (Å²) in [5.74, 6) is 0.207. The van der Waals surface area contributed by atoms with Crippen LogP contribution < -0.4 is 10.5 Å². The number of amides is 2. The fourth-order valence-corrected chi connectivity index (χ4v) is 4.92. The van der Waals surface area contributed by atoms with Gasteiger partial charge in [-0.05, 0) is 43.9 Å². The van der Waals surface area contributed by atoms with E-state index in [-0.39, 0.29) is 22.8 Å². The Bertz CT molecular complexity index is 890. The standard InChI is InChI=1S/C23H37N5O4S/c1-19(23(30)25-11-10-20-6-8-21(9-7-20)33(24,31)32)27-16-14-26(15-17-27)18-22(29)28-12-4-2-3-5-13-28/h6-9,19H,2-5,10-18H2,1H3,(H,25,30)(H2,24,31,32). The van der Waals surface area contributed by atoms with Gasteiger partial charge < -0.3 is 10.2 Å². The van der Waals surface area contributed by atoms with Gasteiger partial charge in [-0.1, -0.05) is 25.0 Å². The number of primary sulfonamides is 1. The first-order chi connectivity index (χ1) is 15.7. The van der Waals surface area contributed by atoms with Gasteiger partial charge in [0.15, 0.2) is 0 Å². The Kier molecular flexibility index (Phi) is 9.25. The number of nitrogens with two attached hydrogens (primary N) is 1. The maximum atomic E-state index is 12.6. The van der Waals surface area contributed by atoms with E-state index in [0.29, 0.717) is 19.5 Å². The fraction of sp³-hybridized carbons (Fsp3) is 0.652. The van der Waals surface area contributed by atoms with Crippen LogP contribution in [0.3, 0.4) is 0 Å². The number of rotatable bonds is 8. The van der Waals surface area contributed by atoms with E-state index in [1.807, 2.05) is 11.8 Å². The summed E-state index contributed by atoms with van der Waals surface area (Å²) in [5, 5.41) is 8.08. The molecule has 2 fully saturated rings. The lowest BCUT2D eigenvalue weighted by molar-refractivity contribution is -0.133. The third-order valence-corrected chi connectivity index (χ3v) is 7.55. The molecule has 1 atom stereocenters. The second-order valence-electron chi connectivity index (χ2n) is 9.01. The van der Waals surface area contributed by atoms with Crippen LogP contribution in [0.2, 0.25) is 0 Å². The smallest absolute Gasteiger partial charge is 0.238 e. The number of carbonyl (C=O) groups is 2. The number of sulfonamides is 1. The van der Waals surface area contributed by atoms with Crippen molar-refractivity contribution in [2.24, 2.45) is 5.14 Å². The van der Waals surface area contributed by atoms with Crippen molar-refractivity contribution >= 4 is 21.8 Å². The molecular formula is C23H37N5O4S. The predicted octanol–water partition coefficient (Wildman–Crippen LogP) is 0.401. The van der Waals surface area contributed by atoms with E-state index in [0.717, 1.165) is 57.7 Å². The Hall–Kier alpha value is -2.01. The molecule has 0 spiro atoms. The molecule has 0 aliphatic carbocycles. The van der Waals surface area contributed by atoms with Gasteiger partial charge in [-0.3, -0.25) is 19.4 Å². The molecule has 2 amide bonds. The third-order valence-electron chi connectivity index (χ3n) is 6.62. The van der Waals surface area contributed by atoms with Gasteiger partial charge in [-0.15, -0.1) is 0 Å². The van der Waals surface area contributed by atoms with E-state index in [1.165, 1.54) is 25.0 Å². The van der Waals surface area contributed by atoms with Crippen LogP contribution in [0.5, 0.6) is 0 Å². The molecule has 2 saturated heterocycles. The molecule has 0 aromatic heterocycles. The number of hydrogen-bond donors (Lipinski definition) is 2. The number of likely N-dealkylation sites (tertiary alicyclic amines) is 1. The van der Waals surface area contributed by atoms with Gasteiger partial charge in [0.05, 0.1) is 17.5 Å². The topological polar surface area (TPSA) is 116 Å². The lowest BCUT2D eigenvalue weighted by Crippen LogP contribution is -2.55. The summed E-state index contributed by atoms with van der Waals surface area (Å²) in [7, 11) is -3.70. The van der Waals surface area contributed by atoms with Crippen LogP contribution in [0.15, 0.2) is 29.2 Å². The van der Waals surface area contributed by atoms with E-state index in [4.69, 9.17) is 5.14 Å². The molecule has 1 aromatic rings. The largest absolute Gasteiger partial charge is 0.354 e. The van der Waals surface area contributed by atoms with Crippen molar-refractivity contribution in [2.45, 2.75) is 50.0 Å². The van der Waals surface area contributed by atoms with Crippen LogP contribution in [0.25, 0.3) is 0 Å². The average Bonchev–Trinajstić information content (AvgIpc) is 3.08. The fourth-order valence-electron chi connectivity index (χ4n) is 4.41. The van der Waals surface area contributed by atoms with E-state index in [9.17, 15) is 18.0 Å². The van der Waals surface area contributed by atoms with Crippen LogP contribution in [0.4, 0.5) is 0 Å². The lowest BCUT2D eigenvalue weighted by atomic mass is 10.1. The molecule has 184 valence electrons. The summed E-state index contributed by atoms with van der Waals surface area (Å²) in [6.45, 7) is 7.71. The zero-order valence-electron chi connectivity index (χ0n) is 19.5. The van der Waals surface area contributed by atoms with Crippen molar-refractivity contribution in [1.82, 2.24) is 20.0 Å². The van der Waals surface area contributed by atoms with Crippen molar-refractivity contribution in [2.75, 3.05) is 52.4 Å². The number of benzene rings is 1. The van der Waals surface area contributed by atoms with Crippen LogP contribution in [0.1, 0.15) is 38.2 Å². The van der Waals surface area contributed by atoms with E-state index < -0.39 is 10.0 Å². The second kappa shape index (κ2) is 11.9. The first-order valence-electron chi connectivity index (χ1n) is 11.9. The molecule has 0 radical (unpaired) electrons. The van der Waals surface area contributed by atoms with Crippen molar-refractivity contribution < 1.29 is 18.0 Å². The molecule has 2 heterocycles. The number of nitrogens with one attached hydrogen (secondary N) is 1. The maximum Gasteiger partial charge on any atom is 0.238 e. The van der Waals surface area contributed by atoms with Crippen molar-refractivity contribution in [1.29, 1.82) is 0 Å². The first-order valence-corrected chi connectivity index (χ1v) is 13.4. The molecule has 0 bridgehead atoms. The van der Waals surface area contributed by atoms with Crippen LogP contribution in [-0.4, -0.2) is 93.3 Å². The molecule has 33 heavy (non-hydrogen) atoms. The van der Waals surface area contributed by atoms with Gasteiger partial charge in [0.25, 0.3) is 0 Å². The highest BCUT2D eigenvalue weighted by Gasteiger charge is 2.27. The highest BCUT2D eigenvalue weighted by molar-refractivity contribution is 7.89. The van der Waals surface area contributed by atoms with Crippen molar-refractivity contribution in [3.05, 3.63) is 29.8 Å². The SMILES string of the molecule is CC(C(=O)NCCc1ccc(S(N)(=O)=O)cc1)N1CCN(CC(=O)N2CCCCCC2)CC1. The third kappa shape index (κ3) is 7.77. The Balaban J connectivity index is 1.36. The van der Waals surface area contributed by atoms with Crippen LogP contribution in [-0.2, 0) is 26.0 Å². The molecule has 10 heteroatoms. The van der Waals surface area contributed by atoms with Crippen LogP contribution >= 0.6 is 0 Å². The molecule has 1 unspecified atom stereocenters. The predicted molar refractivity (Wildman–Crippen MR) is 127 cm³/mol. The maximum absolute atomic E-state index is 12.6. The summed E-state index contributed by atoms with van der Waals surface area (Å²) in [4.78, 5) is 31.7. The molecule has 1 aromatic carbocycles. The number of nitrogens with zero attached hydrogens (tertiary/aromatic N) is 3. The van der Waals surface area contributed by atoms with Gasteiger partial charge in [0, 0.05) is 45.8 Å². The summed E-state index contributed by atoms with van der Waals surface area (Å²) < 4.78 is 22.6. The first kappa shape index (κ1) is 25.6. The number of piperazine rings is 1. The highest BCUT2D eigenvalue weighted by atomic mass is 32.2. The summed E-state index contributed by atoms with van der Waals surface area (Å²) in [6, 6.07) is 6.14. The van der Waals surface area contributed by atoms with Gasteiger partial charge in [0.2, 0.25) is 21.8 Å². The normalized spacial score (nSPS) is 19.6.